The molecule has 2 saturated heterocycles. The summed E-state index contributed by atoms with van der Waals surface area (Å²) in [6, 6.07) is 15.5. The lowest BCUT2D eigenvalue weighted by Gasteiger charge is -2.37. The van der Waals surface area contributed by atoms with Gasteiger partial charge in [-0.25, -0.2) is 9.18 Å². The van der Waals surface area contributed by atoms with E-state index in [1.54, 1.807) is 53.1 Å². The highest BCUT2D eigenvalue weighted by Gasteiger charge is 2.46. The van der Waals surface area contributed by atoms with Crippen LogP contribution in [0.1, 0.15) is 36.5 Å². The van der Waals surface area contributed by atoms with Crippen molar-refractivity contribution in [1.29, 1.82) is 5.26 Å². The summed E-state index contributed by atoms with van der Waals surface area (Å²) in [5, 5.41) is 9.01. The first-order valence-electron chi connectivity index (χ1n) is 11.1. The summed E-state index contributed by atoms with van der Waals surface area (Å²) in [5.41, 5.74) is 1.12. The van der Waals surface area contributed by atoms with E-state index in [4.69, 9.17) is 14.7 Å². The molecule has 0 radical (unpaired) electrons. The zero-order valence-corrected chi connectivity index (χ0v) is 19.5. The first-order valence-corrected chi connectivity index (χ1v) is 12.5. The van der Waals surface area contributed by atoms with Crippen molar-refractivity contribution in [2.75, 3.05) is 38.3 Å². The van der Waals surface area contributed by atoms with E-state index in [2.05, 4.69) is 11.0 Å². The Balaban J connectivity index is 1.36. The number of carbonyl (C=O) groups excluding carboxylic acids is 1. The highest BCUT2D eigenvalue weighted by Crippen LogP contribution is 2.34. The van der Waals surface area contributed by atoms with Gasteiger partial charge in [-0.3, -0.25) is 4.90 Å². The number of rotatable bonds is 8. The number of nitriles is 1. The van der Waals surface area contributed by atoms with Crippen LogP contribution < -0.4 is 4.74 Å². The van der Waals surface area contributed by atoms with Crippen LogP contribution in [-0.2, 0) is 4.74 Å². The van der Waals surface area contributed by atoms with E-state index in [1.165, 1.54) is 12.1 Å². The summed E-state index contributed by atoms with van der Waals surface area (Å²) < 4.78 is 25.5. The second kappa shape index (κ2) is 10.4. The molecule has 0 bridgehead atoms. The minimum atomic E-state index is -0.362. The van der Waals surface area contributed by atoms with Crippen LogP contribution >= 0.6 is 11.8 Å². The Labute approximate surface area is 198 Å². The van der Waals surface area contributed by atoms with Crippen molar-refractivity contribution in [2.45, 2.75) is 31.0 Å². The normalized spacial score (nSPS) is 18.7. The SMILES string of the molecule is CSCN1CC2(CCN(CCC(Oc3ccc(C#N)cc3)c3ccc(F)cc3)CC2)OC1=O. The molecular weight excluding hydrogens is 441 g/mol. The molecule has 2 fully saturated rings. The van der Waals surface area contributed by atoms with Crippen molar-refractivity contribution in [3.05, 3.63) is 65.5 Å². The molecule has 1 spiro atoms. The van der Waals surface area contributed by atoms with Gasteiger partial charge in [0.05, 0.1) is 24.1 Å². The van der Waals surface area contributed by atoms with Crippen molar-refractivity contribution >= 4 is 17.9 Å². The summed E-state index contributed by atoms with van der Waals surface area (Å²) >= 11 is 1.62. The Morgan fingerprint density at radius 1 is 1.18 bits per heavy atom. The molecule has 1 unspecified atom stereocenters. The number of likely N-dealkylation sites (tertiary alicyclic amines) is 1. The third-order valence-corrected chi connectivity index (χ3v) is 6.87. The van der Waals surface area contributed by atoms with Crippen molar-refractivity contribution < 1.29 is 18.7 Å². The lowest BCUT2D eigenvalue weighted by atomic mass is 9.91. The molecule has 2 aliphatic rings. The van der Waals surface area contributed by atoms with Gasteiger partial charge in [0.2, 0.25) is 0 Å². The van der Waals surface area contributed by atoms with Gasteiger partial charge in [0.1, 0.15) is 23.3 Å². The molecule has 2 heterocycles. The van der Waals surface area contributed by atoms with Crippen molar-refractivity contribution in [2.24, 2.45) is 0 Å². The van der Waals surface area contributed by atoms with Gasteiger partial charge in [0.15, 0.2) is 0 Å². The molecule has 8 heteroatoms. The third kappa shape index (κ3) is 5.79. The second-order valence-corrected chi connectivity index (χ2v) is 9.43. The number of hydrogen-bond donors (Lipinski definition) is 0. The highest BCUT2D eigenvalue weighted by molar-refractivity contribution is 7.98. The minimum absolute atomic E-state index is 0.204. The maximum absolute atomic E-state index is 13.5. The van der Waals surface area contributed by atoms with E-state index in [0.29, 0.717) is 23.7 Å². The average Bonchev–Trinajstić information content (AvgIpc) is 3.13. The fraction of sp³-hybridized carbons (Fsp3) is 0.440. The summed E-state index contributed by atoms with van der Waals surface area (Å²) in [5.74, 6) is 1.06. The molecule has 2 aromatic carbocycles. The molecule has 0 aromatic heterocycles. The van der Waals surface area contributed by atoms with E-state index in [0.717, 1.165) is 44.5 Å². The predicted octanol–water partition coefficient (Wildman–Crippen LogP) is 4.81. The highest BCUT2D eigenvalue weighted by atomic mass is 32.2. The lowest BCUT2D eigenvalue weighted by Crippen LogP contribution is -2.47. The van der Waals surface area contributed by atoms with E-state index in [9.17, 15) is 9.18 Å². The smallest absolute Gasteiger partial charge is 0.411 e. The van der Waals surface area contributed by atoms with Crippen LogP contribution in [0.2, 0.25) is 0 Å². The zero-order chi connectivity index (χ0) is 23.3. The number of nitrogens with zero attached hydrogens (tertiary/aromatic N) is 3. The monoisotopic (exact) mass is 469 g/mol. The van der Waals surface area contributed by atoms with E-state index in [1.807, 2.05) is 6.26 Å². The quantitative estimate of drug-likeness (QED) is 0.553. The van der Waals surface area contributed by atoms with Crippen LogP contribution in [0.3, 0.4) is 0 Å². The number of halogens is 1. The number of carbonyl (C=O) groups is 1. The first kappa shape index (κ1) is 23.4. The van der Waals surface area contributed by atoms with E-state index in [-0.39, 0.29) is 23.6 Å². The van der Waals surface area contributed by atoms with Gasteiger partial charge in [-0.1, -0.05) is 12.1 Å². The molecule has 1 atom stereocenters. The number of hydrogen-bond acceptors (Lipinski definition) is 6. The Morgan fingerprint density at radius 3 is 2.52 bits per heavy atom. The van der Waals surface area contributed by atoms with E-state index < -0.39 is 0 Å². The molecule has 1 amide bonds. The molecule has 0 saturated carbocycles. The molecule has 6 nitrogen and oxygen atoms in total. The first-order chi connectivity index (χ1) is 16.0. The molecule has 4 rings (SSSR count). The van der Waals surface area contributed by atoms with Crippen LogP contribution in [0.5, 0.6) is 5.75 Å². The largest absolute Gasteiger partial charge is 0.486 e. The lowest BCUT2D eigenvalue weighted by molar-refractivity contribution is -0.00158. The molecule has 2 aromatic rings. The van der Waals surface area contributed by atoms with Crippen LogP contribution in [0.15, 0.2) is 48.5 Å². The van der Waals surface area contributed by atoms with Crippen LogP contribution in [-0.4, -0.2) is 59.8 Å². The average molecular weight is 470 g/mol. The summed E-state index contributed by atoms with van der Waals surface area (Å²) in [6.45, 7) is 3.19. The topological polar surface area (TPSA) is 65.8 Å². The van der Waals surface area contributed by atoms with Crippen molar-refractivity contribution in [3.8, 4) is 11.8 Å². The number of ether oxygens (including phenoxy) is 2. The van der Waals surface area contributed by atoms with Gasteiger partial charge in [-0.15, -0.1) is 11.8 Å². The molecule has 2 aliphatic heterocycles. The summed E-state index contributed by atoms with van der Waals surface area (Å²) in [6.07, 6.45) is 3.92. The van der Waals surface area contributed by atoms with Crippen LogP contribution in [0.25, 0.3) is 0 Å². The standard InChI is InChI=1S/C25H28FN3O3S/c1-33-18-29-17-25(32-24(29)30)11-14-28(15-12-25)13-10-23(20-4-6-21(26)7-5-20)31-22-8-2-19(16-27)3-9-22/h2-9,23H,10-15,17-18H2,1H3. The molecular formula is C25H28FN3O3S. The Morgan fingerprint density at radius 2 is 1.88 bits per heavy atom. The van der Waals surface area contributed by atoms with Crippen LogP contribution in [0, 0.1) is 17.1 Å². The van der Waals surface area contributed by atoms with Gasteiger partial charge < -0.3 is 14.4 Å². The number of amides is 1. The van der Waals surface area contributed by atoms with Crippen LogP contribution in [0.4, 0.5) is 9.18 Å². The number of benzene rings is 2. The Kier molecular flexibility index (Phi) is 7.41. The Bertz CT molecular complexity index is 985. The maximum Gasteiger partial charge on any atom is 0.411 e. The van der Waals surface area contributed by atoms with Gasteiger partial charge in [0, 0.05) is 38.9 Å². The summed E-state index contributed by atoms with van der Waals surface area (Å²) in [4.78, 5) is 16.3. The Hall–Kier alpha value is -2.76. The zero-order valence-electron chi connectivity index (χ0n) is 18.7. The maximum atomic E-state index is 13.5. The molecule has 33 heavy (non-hydrogen) atoms. The number of piperidine rings is 1. The van der Waals surface area contributed by atoms with Gasteiger partial charge in [0.25, 0.3) is 0 Å². The molecule has 0 aliphatic carbocycles. The minimum Gasteiger partial charge on any atom is -0.486 e. The van der Waals surface area contributed by atoms with Crippen molar-refractivity contribution in [3.63, 3.8) is 0 Å². The molecule has 0 N–H and O–H groups in total. The van der Waals surface area contributed by atoms with Gasteiger partial charge >= 0.3 is 6.09 Å². The second-order valence-electron chi connectivity index (χ2n) is 8.59. The third-order valence-electron chi connectivity index (χ3n) is 6.30. The fourth-order valence-electron chi connectivity index (χ4n) is 4.44. The number of thioether (sulfide) groups is 1. The van der Waals surface area contributed by atoms with Gasteiger partial charge in [-0.2, -0.15) is 5.26 Å². The molecule has 174 valence electrons. The predicted molar refractivity (Wildman–Crippen MR) is 126 cm³/mol. The van der Waals surface area contributed by atoms with Gasteiger partial charge in [-0.05, 0) is 48.2 Å². The fourth-order valence-corrected chi connectivity index (χ4v) is 4.94. The van der Waals surface area contributed by atoms with E-state index >= 15 is 0 Å². The summed E-state index contributed by atoms with van der Waals surface area (Å²) in [7, 11) is 0. The van der Waals surface area contributed by atoms with Crippen molar-refractivity contribution in [1.82, 2.24) is 9.80 Å².